The molecule has 0 N–H and O–H groups in total. The van der Waals surface area contributed by atoms with Crippen LogP contribution in [0.15, 0.2) is 42.5 Å². The number of hydrogen-bond acceptors (Lipinski definition) is 2. The molecule has 0 saturated carbocycles. The number of benzene rings is 2. The Morgan fingerprint density at radius 3 is 2.24 bits per heavy atom. The van der Waals surface area contributed by atoms with E-state index in [4.69, 9.17) is 4.74 Å². The van der Waals surface area contributed by atoms with Crippen LogP contribution < -0.4 is 0 Å². The van der Waals surface area contributed by atoms with Crippen molar-refractivity contribution in [1.82, 2.24) is 0 Å². The van der Waals surface area contributed by atoms with Crippen LogP contribution in [-0.2, 0) is 15.1 Å². The summed E-state index contributed by atoms with van der Waals surface area (Å²) in [5, 5.41) is 2.35. The molecule has 0 amide bonds. The van der Waals surface area contributed by atoms with Gasteiger partial charge in [-0.1, -0.05) is 43.3 Å². The summed E-state index contributed by atoms with van der Waals surface area (Å²) in [7, 11) is 0. The molecule has 2 heteroatoms. The van der Waals surface area contributed by atoms with E-state index >= 15 is 0 Å². The zero-order valence-electron chi connectivity index (χ0n) is 13.6. The van der Waals surface area contributed by atoms with Crippen molar-refractivity contribution in [2.45, 2.75) is 46.6 Å². The maximum atomic E-state index is 12.3. The first-order valence-electron chi connectivity index (χ1n) is 7.49. The summed E-state index contributed by atoms with van der Waals surface area (Å²) in [4.78, 5) is 12.3. The average molecular weight is 284 g/mol. The predicted octanol–water partition coefficient (Wildman–Crippen LogP) is 5.05. The maximum Gasteiger partial charge on any atom is 0.312 e. The van der Waals surface area contributed by atoms with Gasteiger partial charge >= 0.3 is 5.97 Å². The summed E-state index contributed by atoms with van der Waals surface area (Å²) >= 11 is 0. The molecule has 0 heterocycles. The van der Waals surface area contributed by atoms with Crippen LogP contribution >= 0.6 is 0 Å². The highest BCUT2D eigenvalue weighted by atomic mass is 16.6. The molecule has 2 rings (SSSR count). The van der Waals surface area contributed by atoms with Gasteiger partial charge in [-0.2, -0.15) is 0 Å². The quantitative estimate of drug-likeness (QED) is 0.734. The van der Waals surface area contributed by atoms with Crippen LogP contribution in [0.25, 0.3) is 10.8 Å². The van der Waals surface area contributed by atoms with Gasteiger partial charge in [-0.05, 0) is 56.5 Å². The SMILES string of the molecule is CCC(C)(C)C(=O)OC(C)(C)c1ccc2ccccc2c1. The summed E-state index contributed by atoms with van der Waals surface area (Å²) in [6.45, 7) is 9.74. The number of fused-ring (bicyclic) bond motifs is 1. The van der Waals surface area contributed by atoms with Crippen molar-refractivity contribution in [2.75, 3.05) is 0 Å². The molecule has 21 heavy (non-hydrogen) atoms. The zero-order chi connectivity index (χ0) is 15.7. The molecule has 0 radical (unpaired) electrons. The molecule has 0 aromatic heterocycles. The molecular weight excluding hydrogens is 260 g/mol. The molecule has 0 fully saturated rings. The Morgan fingerprint density at radius 2 is 1.62 bits per heavy atom. The number of rotatable bonds is 4. The van der Waals surface area contributed by atoms with Crippen LogP contribution in [0.5, 0.6) is 0 Å². The third-order valence-electron chi connectivity index (χ3n) is 4.23. The Kier molecular flexibility index (Phi) is 4.08. The highest BCUT2D eigenvalue weighted by Crippen LogP contribution is 2.32. The van der Waals surface area contributed by atoms with Crippen molar-refractivity contribution >= 4 is 16.7 Å². The second-order valence-corrected chi connectivity index (χ2v) is 6.70. The third-order valence-corrected chi connectivity index (χ3v) is 4.23. The van der Waals surface area contributed by atoms with Crippen LogP contribution in [0, 0.1) is 5.41 Å². The molecule has 0 unspecified atom stereocenters. The molecule has 0 bridgehead atoms. The number of esters is 1. The van der Waals surface area contributed by atoms with E-state index in [1.807, 2.05) is 52.8 Å². The van der Waals surface area contributed by atoms with Crippen LogP contribution in [0.4, 0.5) is 0 Å². The largest absolute Gasteiger partial charge is 0.454 e. The number of carbonyl (C=O) groups excluding carboxylic acids is 1. The Labute approximate surface area is 127 Å². The summed E-state index contributed by atoms with van der Waals surface area (Å²) in [5.41, 5.74) is -0.0664. The van der Waals surface area contributed by atoms with Crippen LogP contribution in [0.3, 0.4) is 0 Å². The summed E-state index contributed by atoms with van der Waals surface area (Å²) in [6.07, 6.45) is 0.764. The zero-order valence-corrected chi connectivity index (χ0v) is 13.6. The summed E-state index contributed by atoms with van der Waals surface area (Å²) < 4.78 is 5.79. The van der Waals surface area contributed by atoms with Crippen molar-refractivity contribution in [3.8, 4) is 0 Å². The fraction of sp³-hybridized carbons (Fsp3) is 0.421. The van der Waals surface area contributed by atoms with Gasteiger partial charge in [0, 0.05) is 0 Å². The standard InChI is InChI=1S/C19H24O2/c1-6-18(2,3)17(20)21-19(4,5)16-12-11-14-9-7-8-10-15(14)13-16/h7-13H,6H2,1-5H3. The van der Waals surface area contributed by atoms with E-state index in [1.54, 1.807) is 0 Å². The van der Waals surface area contributed by atoms with E-state index in [1.165, 1.54) is 5.39 Å². The molecule has 0 atom stereocenters. The van der Waals surface area contributed by atoms with Gasteiger partial charge in [0.1, 0.15) is 5.60 Å². The fourth-order valence-corrected chi connectivity index (χ4v) is 2.14. The van der Waals surface area contributed by atoms with Gasteiger partial charge in [0.25, 0.3) is 0 Å². The third kappa shape index (κ3) is 3.26. The Bertz CT molecular complexity index is 653. The number of carbonyl (C=O) groups is 1. The fourth-order valence-electron chi connectivity index (χ4n) is 2.14. The lowest BCUT2D eigenvalue weighted by Gasteiger charge is -2.31. The molecular formula is C19H24O2. The van der Waals surface area contributed by atoms with Crippen LogP contribution in [0.1, 0.15) is 46.6 Å². The van der Waals surface area contributed by atoms with Gasteiger partial charge in [0.05, 0.1) is 5.41 Å². The van der Waals surface area contributed by atoms with Gasteiger partial charge in [0.2, 0.25) is 0 Å². The topological polar surface area (TPSA) is 26.3 Å². The normalized spacial score (nSPS) is 12.4. The lowest BCUT2D eigenvalue weighted by molar-refractivity contribution is -0.168. The molecule has 2 aromatic rings. The van der Waals surface area contributed by atoms with E-state index in [0.29, 0.717) is 0 Å². The van der Waals surface area contributed by atoms with E-state index in [2.05, 4.69) is 24.3 Å². The predicted molar refractivity (Wildman–Crippen MR) is 87.1 cm³/mol. The number of hydrogen-bond donors (Lipinski definition) is 0. The van der Waals surface area contributed by atoms with Crippen molar-refractivity contribution in [3.05, 3.63) is 48.0 Å². The molecule has 112 valence electrons. The molecule has 2 aromatic carbocycles. The van der Waals surface area contributed by atoms with Gasteiger partial charge in [-0.25, -0.2) is 0 Å². The smallest absolute Gasteiger partial charge is 0.312 e. The minimum absolute atomic E-state index is 0.150. The molecule has 0 spiro atoms. The first kappa shape index (κ1) is 15.6. The first-order valence-corrected chi connectivity index (χ1v) is 7.49. The summed E-state index contributed by atoms with van der Waals surface area (Å²) in [6, 6.07) is 14.4. The van der Waals surface area contributed by atoms with Crippen molar-refractivity contribution in [2.24, 2.45) is 5.41 Å². The van der Waals surface area contributed by atoms with Gasteiger partial charge < -0.3 is 4.74 Å². The van der Waals surface area contributed by atoms with E-state index in [-0.39, 0.29) is 5.97 Å². The molecule has 0 saturated heterocycles. The molecule has 0 aliphatic carbocycles. The van der Waals surface area contributed by atoms with E-state index < -0.39 is 11.0 Å². The second-order valence-electron chi connectivity index (χ2n) is 6.70. The van der Waals surface area contributed by atoms with Crippen molar-refractivity contribution < 1.29 is 9.53 Å². The van der Waals surface area contributed by atoms with Crippen molar-refractivity contribution in [1.29, 1.82) is 0 Å². The van der Waals surface area contributed by atoms with Gasteiger partial charge in [-0.15, -0.1) is 0 Å². The monoisotopic (exact) mass is 284 g/mol. The minimum Gasteiger partial charge on any atom is -0.454 e. The van der Waals surface area contributed by atoms with Gasteiger partial charge in [0.15, 0.2) is 0 Å². The highest BCUT2D eigenvalue weighted by Gasteiger charge is 2.33. The number of ether oxygens (including phenoxy) is 1. The average Bonchev–Trinajstić information content (AvgIpc) is 2.46. The lowest BCUT2D eigenvalue weighted by Crippen LogP contribution is -2.33. The Balaban J connectivity index is 2.31. The first-order chi connectivity index (χ1) is 9.76. The second kappa shape index (κ2) is 5.51. The van der Waals surface area contributed by atoms with Crippen LogP contribution in [0.2, 0.25) is 0 Å². The maximum absolute atomic E-state index is 12.3. The van der Waals surface area contributed by atoms with E-state index in [9.17, 15) is 4.79 Å². The Hall–Kier alpha value is -1.83. The van der Waals surface area contributed by atoms with Crippen molar-refractivity contribution in [3.63, 3.8) is 0 Å². The van der Waals surface area contributed by atoms with Gasteiger partial charge in [-0.3, -0.25) is 4.79 Å². The van der Waals surface area contributed by atoms with E-state index in [0.717, 1.165) is 17.4 Å². The highest BCUT2D eigenvalue weighted by molar-refractivity contribution is 5.83. The van der Waals surface area contributed by atoms with Crippen LogP contribution in [-0.4, -0.2) is 5.97 Å². The summed E-state index contributed by atoms with van der Waals surface area (Å²) in [5.74, 6) is -0.150. The Morgan fingerprint density at radius 1 is 1.00 bits per heavy atom. The lowest BCUT2D eigenvalue weighted by atomic mass is 9.89. The molecule has 2 nitrogen and oxygen atoms in total. The molecule has 0 aliphatic rings. The minimum atomic E-state index is -0.631. The molecule has 0 aliphatic heterocycles.